The van der Waals surface area contributed by atoms with Crippen molar-refractivity contribution in [1.82, 2.24) is 0 Å². The highest BCUT2D eigenvalue weighted by Gasteiger charge is 2.47. The van der Waals surface area contributed by atoms with Gasteiger partial charge in [0.1, 0.15) is 5.75 Å². The molecule has 7 nitrogen and oxygen atoms in total. The molecule has 2 atom stereocenters. The summed E-state index contributed by atoms with van der Waals surface area (Å²) in [5, 5.41) is 3.98. The minimum atomic E-state index is -3.14. The highest BCUT2D eigenvalue weighted by molar-refractivity contribution is 8.14. The molecule has 1 N–H and O–H groups in total. The second-order valence-electron chi connectivity index (χ2n) is 7.04. The number of rotatable bonds is 5. The largest absolute Gasteiger partial charge is 0.497 e. The quantitative estimate of drug-likeness (QED) is 0.730. The molecule has 2 aliphatic rings. The van der Waals surface area contributed by atoms with Gasteiger partial charge in [0.15, 0.2) is 15.0 Å². The number of amidine groups is 1. The van der Waals surface area contributed by atoms with Crippen LogP contribution in [0.1, 0.15) is 0 Å². The van der Waals surface area contributed by atoms with Gasteiger partial charge in [-0.15, -0.1) is 0 Å². The maximum atomic E-state index is 12.4. The predicted octanol–water partition coefficient (Wildman–Crippen LogP) is 3.06. The van der Waals surface area contributed by atoms with Crippen molar-refractivity contribution >= 4 is 55.6 Å². The number of anilines is 2. The summed E-state index contributed by atoms with van der Waals surface area (Å²) < 4.78 is 29.6. The van der Waals surface area contributed by atoms with Crippen LogP contribution >= 0.6 is 23.4 Å². The third-order valence-corrected chi connectivity index (χ3v) is 7.78. The fourth-order valence-electron chi connectivity index (χ4n) is 3.59. The summed E-state index contributed by atoms with van der Waals surface area (Å²) in [7, 11) is -1.56. The smallest absolute Gasteiger partial charge is 0.234 e. The van der Waals surface area contributed by atoms with Crippen molar-refractivity contribution in [2.45, 2.75) is 12.1 Å². The molecule has 4 rings (SSSR count). The molecule has 2 heterocycles. The summed E-state index contributed by atoms with van der Waals surface area (Å²) in [6, 6.07) is 13.7. The first-order chi connectivity index (χ1) is 14.3. The van der Waals surface area contributed by atoms with Gasteiger partial charge < -0.3 is 15.0 Å². The number of fused-ring (bicyclic) bond motifs is 1. The van der Waals surface area contributed by atoms with E-state index in [0.29, 0.717) is 21.6 Å². The number of amides is 1. The van der Waals surface area contributed by atoms with Gasteiger partial charge in [0, 0.05) is 22.5 Å². The van der Waals surface area contributed by atoms with Crippen molar-refractivity contribution in [3.63, 3.8) is 0 Å². The summed E-state index contributed by atoms with van der Waals surface area (Å²) in [5.74, 6) is 0.673. The van der Waals surface area contributed by atoms with Crippen molar-refractivity contribution in [2.24, 2.45) is 4.99 Å². The second kappa shape index (κ2) is 8.49. The maximum absolute atomic E-state index is 12.4. The summed E-state index contributed by atoms with van der Waals surface area (Å²) in [4.78, 5) is 19.0. The normalized spacial score (nSPS) is 21.8. The predicted molar refractivity (Wildman–Crippen MR) is 122 cm³/mol. The molecule has 2 aromatic rings. The molecule has 2 aliphatic heterocycles. The number of carbonyl (C=O) groups is 1. The zero-order valence-corrected chi connectivity index (χ0v) is 18.5. The van der Waals surface area contributed by atoms with Gasteiger partial charge in [-0.1, -0.05) is 35.5 Å². The van der Waals surface area contributed by atoms with E-state index in [9.17, 15) is 13.2 Å². The van der Waals surface area contributed by atoms with Crippen LogP contribution in [0.3, 0.4) is 0 Å². The fraction of sp³-hybridized carbons (Fsp3) is 0.300. The number of nitrogens with one attached hydrogen (secondary N) is 1. The number of ether oxygens (including phenoxy) is 1. The van der Waals surface area contributed by atoms with Gasteiger partial charge in [0.25, 0.3) is 0 Å². The Labute approximate surface area is 184 Å². The molecular weight excluding hydrogens is 446 g/mol. The zero-order chi connectivity index (χ0) is 21.3. The molecule has 2 aromatic carbocycles. The number of hydrogen-bond donors (Lipinski definition) is 1. The zero-order valence-electron chi connectivity index (χ0n) is 16.1. The van der Waals surface area contributed by atoms with Crippen LogP contribution in [0.2, 0.25) is 5.02 Å². The number of halogens is 1. The van der Waals surface area contributed by atoms with E-state index in [-0.39, 0.29) is 35.2 Å². The molecule has 0 aliphatic carbocycles. The summed E-state index contributed by atoms with van der Waals surface area (Å²) in [5.41, 5.74) is 1.41. The van der Waals surface area contributed by atoms with Gasteiger partial charge in [-0.05, 0) is 30.3 Å². The first-order valence-corrected chi connectivity index (χ1v) is 12.4. The number of aliphatic imine (C=N–C) groups is 1. The average Bonchev–Trinajstić information content (AvgIpc) is 3.17. The Balaban J connectivity index is 1.52. The molecule has 0 spiro atoms. The van der Waals surface area contributed by atoms with Crippen LogP contribution in [0.25, 0.3) is 0 Å². The number of carbonyl (C=O) groups excluding carboxylic acids is 1. The minimum absolute atomic E-state index is 0.0247. The number of hydrogen-bond acceptors (Lipinski definition) is 7. The molecule has 158 valence electrons. The molecule has 1 fully saturated rings. The standard InChI is InChI=1S/C20H20ClN3O4S2/c1-28-16-7-3-6-15(9-16)24-18-12-30(26,27)11-17(18)23-20(24)29-10-19(25)22-14-5-2-4-13(21)8-14/h2-9,17-18H,10-12H2,1H3,(H,22,25)/t17-,18+/m1/s1. The Morgan fingerprint density at radius 1 is 1.27 bits per heavy atom. The number of methoxy groups -OCH3 is 1. The molecule has 0 radical (unpaired) electrons. The Morgan fingerprint density at radius 2 is 2.07 bits per heavy atom. The molecule has 30 heavy (non-hydrogen) atoms. The fourth-order valence-corrected chi connectivity index (χ4v) is 6.55. The van der Waals surface area contributed by atoms with Gasteiger partial charge >= 0.3 is 0 Å². The maximum Gasteiger partial charge on any atom is 0.234 e. The van der Waals surface area contributed by atoms with E-state index in [1.54, 1.807) is 31.4 Å². The van der Waals surface area contributed by atoms with Gasteiger partial charge in [0.05, 0.1) is 36.5 Å². The topological polar surface area (TPSA) is 88.1 Å². The van der Waals surface area contributed by atoms with E-state index >= 15 is 0 Å². The highest BCUT2D eigenvalue weighted by Crippen LogP contribution is 2.36. The van der Waals surface area contributed by atoms with Gasteiger partial charge in [-0.2, -0.15) is 0 Å². The van der Waals surface area contributed by atoms with Crippen LogP contribution in [0.15, 0.2) is 53.5 Å². The lowest BCUT2D eigenvalue weighted by atomic mass is 10.1. The SMILES string of the molecule is COc1cccc(N2C(SCC(=O)Nc3cccc(Cl)c3)=N[C@@H]3CS(=O)(=O)C[C@@H]32)c1. The van der Waals surface area contributed by atoms with Crippen molar-refractivity contribution in [3.05, 3.63) is 53.6 Å². The Hall–Kier alpha value is -2.23. The second-order valence-corrected chi connectivity index (χ2v) is 10.6. The van der Waals surface area contributed by atoms with E-state index in [1.807, 2.05) is 29.2 Å². The van der Waals surface area contributed by atoms with Crippen LogP contribution in [-0.4, -0.2) is 55.9 Å². The van der Waals surface area contributed by atoms with E-state index in [2.05, 4.69) is 10.3 Å². The minimum Gasteiger partial charge on any atom is -0.497 e. The summed E-state index contributed by atoms with van der Waals surface area (Å²) in [6.07, 6.45) is 0. The van der Waals surface area contributed by atoms with E-state index in [4.69, 9.17) is 16.3 Å². The highest BCUT2D eigenvalue weighted by atomic mass is 35.5. The van der Waals surface area contributed by atoms with Crippen LogP contribution in [-0.2, 0) is 14.6 Å². The third-order valence-electron chi connectivity index (χ3n) is 4.88. The van der Waals surface area contributed by atoms with Crippen LogP contribution in [0.5, 0.6) is 5.75 Å². The lowest BCUT2D eigenvalue weighted by molar-refractivity contribution is -0.113. The van der Waals surface area contributed by atoms with Crippen LogP contribution in [0, 0.1) is 0 Å². The van der Waals surface area contributed by atoms with Crippen molar-refractivity contribution in [3.8, 4) is 5.75 Å². The molecule has 0 saturated carbocycles. The number of thioether (sulfide) groups is 1. The van der Waals surface area contributed by atoms with E-state index in [1.165, 1.54) is 11.8 Å². The Bertz CT molecular complexity index is 1110. The van der Waals surface area contributed by atoms with Gasteiger partial charge in [-0.25, -0.2) is 8.42 Å². The van der Waals surface area contributed by atoms with Crippen LogP contribution < -0.4 is 15.0 Å². The molecule has 0 aromatic heterocycles. The molecule has 10 heteroatoms. The third kappa shape index (κ3) is 4.58. The number of nitrogens with zero attached hydrogens (tertiary/aromatic N) is 2. The Kier molecular flexibility index (Phi) is 5.95. The lowest BCUT2D eigenvalue weighted by Gasteiger charge is -2.26. The molecular formula is C20H20ClN3O4S2. The number of benzene rings is 2. The van der Waals surface area contributed by atoms with Crippen LogP contribution in [0.4, 0.5) is 11.4 Å². The van der Waals surface area contributed by atoms with Gasteiger partial charge in [-0.3, -0.25) is 9.79 Å². The molecule has 1 saturated heterocycles. The van der Waals surface area contributed by atoms with Gasteiger partial charge in [0.2, 0.25) is 5.91 Å². The first-order valence-electron chi connectivity index (χ1n) is 9.24. The van der Waals surface area contributed by atoms with Crippen molar-refractivity contribution < 1.29 is 17.9 Å². The molecule has 1 amide bonds. The molecule has 0 unspecified atom stereocenters. The van der Waals surface area contributed by atoms with E-state index < -0.39 is 9.84 Å². The van der Waals surface area contributed by atoms with E-state index in [0.717, 1.165) is 5.69 Å². The van der Waals surface area contributed by atoms with Crippen molar-refractivity contribution in [1.29, 1.82) is 0 Å². The summed E-state index contributed by atoms with van der Waals surface area (Å²) in [6.45, 7) is 0. The Morgan fingerprint density at radius 3 is 2.83 bits per heavy atom. The number of sulfone groups is 1. The summed E-state index contributed by atoms with van der Waals surface area (Å²) >= 11 is 7.24. The van der Waals surface area contributed by atoms with Crippen molar-refractivity contribution in [2.75, 3.05) is 34.6 Å². The lowest BCUT2D eigenvalue weighted by Crippen LogP contribution is -2.39. The molecule has 0 bridgehead atoms. The average molecular weight is 466 g/mol. The monoisotopic (exact) mass is 465 g/mol. The first kappa shape index (κ1) is 21.0.